The average Bonchev–Trinajstić information content (AvgIpc) is 3.98. The molecule has 8 aromatic carbocycles. The molecule has 290 valence electrons. The maximum Gasteiger partial charge on any atom is 0.136 e. The number of benzene rings is 8. The fraction of sp³-hybridized carbons (Fsp3) is 0.0536. The van der Waals surface area contributed by atoms with Gasteiger partial charge in [0.2, 0.25) is 0 Å². The highest BCUT2D eigenvalue weighted by molar-refractivity contribution is 6.16. The van der Waals surface area contributed by atoms with Gasteiger partial charge in [0.25, 0.3) is 0 Å². The summed E-state index contributed by atoms with van der Waals surface area (Å²) in [6.45, 7) is 0. The number of aromatic nitrogens is 2. The molecule has 0 radical (unpaired) electrons. The van der Waals surface area contributed by atoms with Crippen molar-refractivity contribution in [2.24, 2.45) is 0 Å². The molecule has 0 atom stereocenters. The van der Waals surface area contributed by atoms with Gasteiger partial charge >= 0.3 is 0 Å². The van der Waals surface area contributed by atoms with Crippen LogP contribution in [0.4, 0.5) is 0 Å². The Kier molecular flexibility index (Phi) is 7.97. The molecule has 2 N–H and O–H groups in total. The number of nitrogens with one attached hydrogen (secondary N) is 2. The normalized spacial score (nSPS) is 13.0. The molecule has 0 spiro atoms. The van der Waals surface area contributed by atoms with Crippen molar-refractivity contribution < 1.29 is 4.42 Å². The summed E-state index contributed by atoms with van der Waals surface area (Å²) in [4.78, 5) is 0. The number of para-hydroxylation sites is 2. The zero-order chi connectivity index (χ0) is 40.6. The third-order valence-electron chi connectivity index (χ3n) is 12.6. The molecule has 0 saturated heterocycles. The first kappa shape index (κ1) is 35.1. The highest BCUT2D eigenvalue weighted by atomic mass is 16.3. The largest absolute Gasteiger partial charge is 0.456 e. The van der Waals surface area contributed by atoms with Crippen LogP contribution < -0.4 is 5.32 Å². The minimum absolute atomic E-state index is 0.389. The van der Waals surface area contributed by atoms with Crippen molar-refractivity contribution in [3.05, 3.63) is 194 Å². The zero-order valence-electron chi connectivity index (χ0n) is 33.6. The number of fused-ring (bicyclic) bond motifs is 9. The van der Waals surface area contributed by atoms with Crippen molar-refractivity contribution in [2.45, 2.75) is 12.8 Å². The van der Waals surface area contributed by atoms with Gasteiger partial charge in [0.15, 0.2) is 0 Å². The Bertz CT molecular complexity index is 3650. The Morgan fingerprint density at radius 1 is 0.508 bits per heavy atom. The van der Waals surface area contributed by atoms with Crippen molar-refractivity contribution in [2.75, 3.05) is 7.05 Å². The van der Waals surface area contributed by atoms with E-state index in [-0.39, 0.29) is 0 Å². The third-order valence-corrected chi connectivity index (χ3v) is 12.6. The lowest BCUT2D eigenvalue weighted by Gasteiger charge is -2.12. The molecule has 0 fully saturated rings. The minimum Gasteiger partial charge on any atom is -0.456 e. The van der Waals surface area contributed by atoms with Crippen LogP contribution in [0.1, 0.15) is 18.4 Å². The van der Waals surface area contributed by atoms with E-state index in [9.17, 15) is 0 Å². The fourth-order valence-corrected chi connectivity index (χ4v) is 9.67. The van der Waals surface area contributed by atoms with Gasteiger partial charge in [-0.25, -0.2) is 0 Å². The summed E-state index contributed by atoms with van der Waals surface area (Å²) in [5.74, 6) is 0.389. The minimum atomic E-state index is 0.389. The topological polar surface area (TPSA) is 58.9 Å². The van der Waals surface area contributed by atoms with Crippen LogP contribution in [0.5, 0.6) is 0 Å². The van der Waals surface area contributed by atoms with Crippen LogP contribution in [0.25, 0.3) is 110 Å². The lowest BCUT2D eigenvalue weighted by atomic mass is 9.95. The van der Waals surface area contributed by atoms with Crippen LogP contribution in [0, 0.1) is 5.41 Å². The van der Waals surface area contributed by atoms with Gasteiger partial charge in [-0.1, -0.05) is 103 Å². The Morgan fingerprint density at radius 2 is 1.13 bits per heavy atom. The smallest absolute Gasteiger partial charge is 0.136 e. The first-order valence-electron chi connectivity index (χ1n) is 21.0. The summed E-state index contributed by atoms with van der Waals surface area (Å²) in [7, 11) is 1.78. The lowest BCUT2D eigenvalue weighted by Crippen LogP contribution is -2.17. The van der Waals surface area contributed by atoms with Gasteiger partial charge in [0.1, 0.15) is 17.0 Å². The maximum atomic E-state index is 8.39. The van der Waals surface area contributed by atoms with Crippen LogP contribution in [0.2, 0.25) is 0 Å². The molecular weight excluding hydrogens is 745 g/mol. The molecule has 11 aromatic rings. The molecule has 0 saturated carbocycles. The van der Waals surface area contributed by atoms with Crippen LogP contribution in [0.15, 0.2) is 193 Å². The molecule has 12 rings (SSSR count). The summed E-state index contributed by atoms with van der Waals surface area (Å²) < 4.78 is 11.3. The van der Waals surface area contributed by atoms with Crippen LogP contribution in [0.3, 0.4) is 0 Å². The van der Waals surface area contributed by atoms with E-state index in [1.807, 2.05) is 24.3 Å². The van der Waals surface area contributed by atoms with Crippen LogP contribution in [-0.2, 0) is 0 Å². The van der Waals surface area contributed by atoms with Crippen molar-refractivity contribution in [1.29, 1.82) is 5.41 Å². The number of nitrogens with zero attached hydrogens (tertiary/aromatic N) is 2. The molecule has 1 aliphatic rings. The van der Waals surface area contributed by atoms with Gasteiger partial charge in [-0.05, 0) is 131 Å². The average molecular weight is 785 g/mol. The van der Waals surface area contributed by atoms with Gasteiger partial charge in [0, 0.05) is 56.3 Å². The monoisotopic (exact) mass is 784 g/mol. The fourth-order valence-electron chi connectivity index (χ4n) is 9.67. The molecule has 5 heteroatoms. The SMILES string of the molecule is CNC(=N)c1cccc(-c2cccc3oc4ccc(-c5ccc6c(c5)c5cc(-c7ccc8c(c7)c7ccccc7n8C7=CCCC=C7)ccc5n6-c5ccccc5)cc4c23)c1. The maximum absolute atomic E-state index is 8.39. The predicted molar refractivity (Wildman–Crippen MR) is 256 cm³/mol. The second-order valence-corrected chi connectivity index (χ2v) is 16.0. The van der Waals surface area contributed by atoms with Gasteiger partial charge in [-0.3, -0.25) is 5.41 Å². The van der Waals surface area contributed by atoms with Gasteiger partial charge in [0.05, 0.1) is 22.1 Å². The Labute approximate surface area is 352 Å². The second kappa shape index (κ2) is 13.9. The Balaban J connectivity index is 1.03. The van der Waals surface area contributed by atoms with Crippen molar-refractivity contribution in [3.8, 4) is 39.1 Å². The Hall–Kier alpha value is -7.89. The number of hydrogen-bond acceptors (Lipinski definition) is 2. The molecule has 61 heavy (non-hydrogen) atoms. The van der Waals surface area contributed by atoms with E-state index in [1.54, 1.807) is 7.05 Å². The quantitative estimate of drug-likeness (QED) is 0.130. The van der Waals surface area contributed by atoms with Gasteiger partial charge in [-0.2, -0.15) is 0 Å². The van der Waals surface area contributed by atoms with E-state index in [2.05, 4.69) is 178 Å². The summed E-state index contributed by atoms with van der Waals surface area (Å²) >= 11 is 0. The first-order valence-corrected chi connectivity index (χ1v) is 21.0. The summed E-state index contributed by atoms with van der Waals surface area (Å²) in [6, 6.07) is 61.2. The van der Waals surface area contributed by atoms with E-state index in [0.717, 1.165) is 68.3 Å². The van der Waals surface area contributed by atoms with E-state index < -0.39 is 0 Å². The van der Waals surface area contributed by atoms with E-state index in [4.69, 9.17) is 9.83 Å². The molecule has 0 bridgehead atoms. The van der Waals surface area contributed by atoms with Crippen molar-refractivity contribution in [1.82, 2.24) is 14.5 Å². The first-order chi connectivity index (χ1) is 30.1. The predicted octanol–water partition coefficient (Wildman–Crippen LogP) is 14.5. The van der Waals surface area contributed by atoms with E-state index in [0.29, 0.717) is 5.84 Å². The highest BCUT2D eigenvalue weighted by Gasteiger charge is 2.19. The second-order valence-electron chi connectivity index (χ2n) is 16.0. The number of allylic oxidation sites excluding steroid dienone is 4. The number of hydrogen-bond donors (Lipinski definition) is 2. The van der Waals surface area contributed by atoms with Crippen molar-refractivity contribution in [3.63, 3.8) is 0 Å². The van der Waals surface area contributed by atoms with E-state index >= 15 is 0 Å². The summed E-state index contributed by atoms with van der Waals surface area (Å²) in [5, 5.41) is 18.5. The molecule has 0 amide bonds. The summed E-state index contributed by atoms with van der Waals surface area (Å²) in [5.41, 5.74) is 16.5. The molecule has 0 aliphatic heterocycles. The molecular formula is C56H40N4O. The van der Waals surface area contributed by atoms with Gasteiger partial charge < -0.3 is 18.9 Å². The number of rotatable bonds is 6. The molecule has 0 unspecified atom stereocenters. The molecule has 3 aromatic heterocycles. The number of amidine groups is 1. The van der Waals surface area contributed by atoms with E-state index in [1.165, 1.54) is 60.4 Å². The third kappa shape index (κ3) is 5.58. The lowest BCUT2D eigenvalue weighted by molar-refractivity contribution is 0.669. The van der Waals surface area contributed by atoms with Crippen LogP contribution in [-0.4, -0.2) is 22.0 Å². The summed E-state index contributed by atoms with van der Waals surface area (Å²) in [6.07, 6.45) is 9.06. The molecule has 1 aliphatic carbocycles. The zero-order valence-corrected chi connectivity index (χ0v) is 33.6. The standard InChI is InChI=1S/C56H40N4O/c1-58-56(57)40-13-10-12-39(30-40)43-19-11-21-54-55(43)48-34-38(25-29-53(48)61-54)37-24-28-52-47(33-37)46-32-36(23-27-51(46)60(52)42-16-6-3-7-17-42)35-22-26-50-45(31-35)44-18-8-9-20-49(44)59(50)41-14-4-2-5-15-41/h3-4,6-34H,2,5H2,1H3,(H2,57,58). The van der Waals surface area contributed by atoms with Gasteiger partial charge in [-0.15, -0.1) is 0 Å². The Morgan fingerprint density at radius 3 is 1.84 bits per heavy atom. The molecule has 5 nitrogen and oxygen atoms in total. The van der Waals surface area contributed by atoms with Crippen molar-refractivity contribution >= 4 is 77.1 Å². The van der Waals surface area contributed by atoms with Crippen LogP contribution >= 0.6 is 0 Å². The number of furan rings is 1. The molecule has 3 heterocycles. The highest BCUT2D eigenvalue weighted by Crippen LogP contribution is 2.42.